The summed E-state index contributed by atoms with van der Waals surface area (Å²) in [6.45, 7) is 4.66. The molecule has 0 fully saturated rings. The van der Waals surface area contributed by atoms with Crippen molar-refractivity contribution in [3.8, 4) is 11.5 Å². The maximum absolute atomic E-state index is 12.4. The first-order chi connectivity index (χ1) is 12.4. The van der Waals surface area contributed by atoms with Crippen LogP contribution in [0.2, 0.25) is 0 Å². The fraction of sp³-hybridized carbons (Fsp3) is 0.300. The van der Waals surface area contributed by atoms with Crippen LogP contribution in [0.1, 0.15) is 29.8 Å². The zero-order valence-electron chi connectivity index (χ0n) is 15.1. The molecular weight excluding hydrogens is 334 g/mol. The standard InChI is InChI=1S/C20H23NO5/c1-13(2)12-26-17-9-6-15(11-18(17)25-3)20(24)21-16-7-4-14(5-8-16)10-19(22)23/h4-9,11,13H,10,12H2,1-3H3,(H,21,24)(H,22,23). The summed E-state index contributed by atoms with van der Waals surface area (Å²) in [6, 6.07) is 11.7. The Balaban J connectivity index is 2.07. The maximum atomic E-state index is 12.4. The third-order valence-electron chi connectivity index (χ3n) is 3.57. The molecule has 0 atom stereocenters. The molecule has 6 nitrogen and oxygen atoms in total. The molecule has 0 heterocycles. The van der Waals surface area contributed by atoms with Crippen LogP contribution in [0.4, 0.5) is 5.69 Å². The van der Waals surface area contributed by atoms with Crippen molar-refractivity contribution in [1.29, 1.82) is 0 Å². The van der Waals surface area contributed by atoms with Crippen molar-refractivity contribution in [2.24, 2.45) is 5.92 Å². The molecule has 2 rings (SSSR count). The molecule has 0 bridgehead atoms. The van der Waals surface area contributed by atoms with Gasteiger partial charge in [0.25, 0.3) is 5.91 Å². The predicted molar refractivity (Wildman–Crippen MR) is 99.1 cm³/mol. The molecule has 0 aliphatic heterocycles. The second-order valence-corrected chi connectivity index (χ2v) is 6.29. The van der Waals surface area contributed by atoms with Gasteiger partial charge in [-0.3, -0.25) is 9.59 Å². The number of carboxylic acid groups (broad SMARTS) is 1. The van der Waals surface area contributed by atoms with E-state index in [1.54, 1.807) is 42.5 Å². The van der Waals surface area contributed by atoms with Gasteiger partial charge in [-0.05, 0) is 41.8 Å². The summed E-state index contributed by atoms with van der Waals surface area (Å²) in [4.78, 5) is 23.1. The fourth-order valence-corrected chi connectivity index (χ4v) is 2.27. The van der Waals surface area contributed by atoms with Crippen LogP contribution in [0.3, 0.4) is 0 Å². The summed E-state index contributed by atoms with van der Waals surface area (Å²) in [5, 5.41) is 11.6. The van der Waals surface area contributed by atoms with Gasteiger partial charge in [0.05, 0.1) is 20.1 Å². The molecule has 1 amide bonds. The van der Waals surface area contributed by atoms with Gasteiger partial charge in [-0.15, -0.1) is 0 Å². The number of methoxy groups -OCH3 is 1. The van der Waals surface area contributed by atoms with Gasteiger partial charge in [-0.1, -0.05) is 26.0 Å². The van der Waals surface area contributed by atoms with Crippen LogP contribution < -0.4 is 14.8 Å². The molecule has 0 radical (unpaired) electrons. The third-order valence-corrected chi connectivity index (χ3v) is 3.57. The lowest BCUT2D eigenvalue weighted by Gasteiger charge is -2.13. The number of carboxylic acids is 1. The molecule has 2 aromatic carbocycles. The van der Waals surface area contributed by atoms with Crippen molar-refractivity contribution in [1.82, 2.24) is 0 Å². The van der Waals surface area contributed by atoms with E-state index in [9.17, 15) is 9.59 Å². The Bertz CT molecular complexity index is 768. The lowest BCUT2D eigenvalue weighted by molar-refractivity contribution is -0.136. The molecule has 2 N–H and O–H groups in total. The molecule has 0 aliphatic rings. The molecular formula is C20H23NO5. The summed E-state index contributed by atoms with van der Waals surface area (Å²) >= 11 is 0. The number of nitrogens with one attached hydrogen (secondary N) is 1. The van der Waals surface area contributed by atoms with E-state index in [0.29, 0.717) is 40.8 Å². The van der Waals surface area contributed by atoms with E-state index in [4.69, 9.17) is 14.6 Å². The Morgan fingerprint density at radius 3 is 2.35 bits per heavy atom. The number of carbonyl (C=O) groups excluding carboxylic acids is 1. The molecule has 0 unspecified atom stereocenters. The van der Waals surface area contributed by atoms with E-state index in [0.717, 1.165) is 0 Å². The quantitative estimate of drug-likeness (QED) is 0.754. The van der Waals surface area contributed by atoms with E-state index >= 15 is 0 Å². The molecule has 26 heavy (non-hydrogen) atoms. The average Bonchev–Trinajstić information content (AvgIpc) is 2.60. The topological polar surface area (TPSA) is 84.9 Å². The minimum atomic E-state index is -0.895. The van der Waals surface area contributed by atoms with Gasteiger partial charge < -0.3 is 19.9 Å². The molecule has 0 aromatic heterocycles. The van der Waals surface area contributed by atoms with Crippen LogP contribution in [0.15, 0.2) is 42.5 Å². The summed E-state index contributed by atoms with van der Waals surface area (Å²) in [5.41, 5.74) is 1.69. The number of ether oxygens (including phenoxy) is 2. The van der Waals surface area contributed by atoms with Crippen molar-refractivity contribution < 1.29 is 24.2 Å². The molecule has 0 spiro atoms. The number of benzene rings is 2. The number of anilines is 1. The van der Waals surface area contributed by atoms with Crippen LogP contribution >= 0.6 is 0 Å². The van der Waals surface area contributed by atoms with Crippen LogP contribution in [-0.4, -0.2) is 30.7 Å². The Kier molecular flexibility index (Phi) is 6.60. The number of hydrogen-bond acceptors (Lipinski definition) is 4. The Hall–Kier alpha value is -3.02. The molecule has 138 valence electrons. The lowest BCUT2D eigenvalue weighted by atomic mass is 10.1. The summed E-state index contributed by atoms with van der Waals surface area (Å²) in [5.74, 6) is 0.288. The fourth-order valence-electron chi connectivity index (χ4n) is 2.27. The molecule has 0 saturated carbocycles. The number of carbonyl (C=O) groups is 2. The first-order valence-corrected chi connectivity index (χ1v) is 8.32. The molecule has 6 heteroatoms. The van der Waals surface area contributed by atoms with Crippen LogP contribution in [0.5, 0.6) is 11.5 Å². The van der Waals surface area contributed by atoms with Crippen molar-refractivity contribution >= 4 is 17.6 Å². The minimum absolute atomic E-state index is 0.0523. The molecule has 2 aromatic rings. The van der Waals surface area contributed by atoms with Crippen LogP contribution in [-0.2, 0) is 11.2 Å². The highest BCUT2D eigenvalue weighted by Gasteiger charge is 2.12. The third kappa shape index (κ3) is 5.51. The second-order valence-electron chi connectivity index (χ2n) is 6.29. The Morgan fingerprint density at radius 1 is 1.08 bits per heavy atom. The van der Waals surface area contributed by atoms with Crippen molar-refractivity contribution in [2.75, 3.05) is 19.0 Å². The predicted octanol–water partition coefficient (Wildman–Crippen LogP) is 3.61. The lowest BCUT2D eigenvalue weighted by Crippen LogP contribution is -2.12. The monoisotopic (exact) mass is 357 g/mol. The van der Waals surface area contributed by atoms with Crippen molar-refractivity contribution in [2.45, 2.75) is 20.3 Å². The van der Waals surface area contributed by atoms with E-state index in [1.165, 1.54) is 7.11 Å². The largest absolute Gasteiger partial charge is 0.493 e. The highest BCUT2D eigenvalue weighted by atomic mass is 16.5. The summed E-state index contributed by atoms with van der Waals surface area (Å²) < 4.78 is 11.0. The van der Waals surface area contributed by atoms with E-state index < -0.39 is 5.97 Å². The van der Waals surface area contributed by atoms with E-state index in [1.807, 2.05) is 0 Å². The SMILES string of the molecule is COc1cc(C(=O)Nc2ccc(CC(=O)O)cc2)ccc1OCC(C)C. The van der Waals surface area contributed by atoms with E-state index in [2.05, 4.69) is 19.2 Å². The number of amides is 1. The van der Waals surface area contributed by atoms with Gasteiger partial charge in [-0.2, -0.15) is 0 Å². The van der Waals surface area contributed by atoms with Gasteiger partial charge in [0.15, 0.2) is 11.5 Å². The normalized spacial score (nSPS) is 10.5. The zero-order chi connectivity index (χ0) is 19.1. The highest BCUT2D eigenvalue weighted by Crippen LogP contribution is 2.29. The van der Waals surface area contributed by atoms with Gasteiger partial charge in [0.1, 0.15) is 0 Å². The van der Waals surface area contributed by atoms with E-state index in [-0.39, 0.29) is 12.3 Å². The Morgan fingerprint density at radius 2 is 1.77 bits per heavy atom. The molecule has 0 saturated heterocycles. The number of hydrogen-bond donors (Lipinski definition) is 2. The summed E-state index contributed by atoms with van der Waals surface area (Å²) in [7, 11) is 1.53. The first-order valence-electron chi connectivity index (χ1n) is 8.32. The number of aliphatic carboxylic acids is 1. The minimum Gasteiger partial charge on any atom is -0.493 e. The molecule has 0 aliphatic carbocycles. The van der Waals surface area contributed by atoms with Crippen molar-refractivity contribution in [3.63, 3.8) is 0 Å². The van der Waals surface area contributed by atoms with Gasteiger partial charge in [-0.25, -0.2) is 0 Å². The highest BCUT2D eigenvalue weighted by molar-refractivity contribution is 6.04. The second kappa shape index (κ2) is 8.89. The number of rotatable bonds is 8. The van der Waals surface area contributed by atoms with Crippen LogP contribution in [0.25, 0.3) is 0 Å². The smallest absolute Gasteiger partial charge is 0.307 e. The van der Waals surface area contributed by atoms with Crippen LogP contribution in [0, 0.1) is 5.92 Å². The van der Waals surface area contributed by atoms with Gasteiger partial charge in [0.2, 0.25) is 0 Å². The van der Waals surface area contributed by atoms with Gasteiger partial charge in [0, 0.05) is 11.3 Å². The average molecular weight is 357 g/mol. The Labute approximate surface area is 152 Å². The maximum Gasteiger partial charge on any atom is 0.307 e. The summed E-state index contributed by atoms with van der Waals surface area (Å²) in [6.07, 6.45) is -0.0523. The zero-order valence-corrected chi connectivity index (χ0v) is 15.1. The van der Waals surface area contributed by atoms with Gasteiger partial charge >= 0.3 is 5.97 Å². The first kappa shape index (κ1) is 19.3. The van der Waals surface area contributed by atoms with Crippen molar-refractivity contribution in [3.05, 3.63) is 53.6 Å².